The molecular weight excluding hydrogens is 207 g/mol. The van der Waals surface area contributed by atoms with E-state index in [1.54, 1.807) is 12.1 Å². The molecule has 0 aliphatic carbocycles. The maximum absolute atomic E-state index is 11.0. The largest absolute Gasteiger partial charge is 0.432 e. The molecule has 1 aromatic carbocycles. The van der Waals surface area contributed by atoms with E-state index in [4.69, 9.17) is 15.1 Å². The molecule has 0 aromatic heterocycles. The van der Waals surface area contributed by atoms with Crippen molar-refractivity contribution in [3.63, 3.8) is 0 Å². The fourth-order valence-corrected chi connectivity index (χ4v) is 1.32. The van der Waals surface area contributed by atoms with Crippen LogP contribution in [0.2, 0.25) is 0 Å². The van der Waals surface area contributed by atoms with Gasteiger partial charge in [0.05, 0.1) is 0 Å². The molecule has 6 heteroatoms. The Morgan fingerprint density at radius 1 is 1.29 bits per heavy atom. The van der Waals surface area contributed by atoms with E-state index in [0.29, 0.717) is 0 Å². The monoisotopic (exact) mass is 218 g/mol. The van der Waals surface area contributed by atoms with Gasteiger partial charge in [-0.05, 0) is 19.1 Å². The molecule has 0 amide bonds. The number of benzene rings is 1. The second kappa shape index (κ2) is 4.11. The van der Waals surface area contributed by atoms with Crippen LogP contribution in [0.15, 0.2) is 24.3 Å². The van der Waals surface area contributed by atoms with Gasteiger partial charge in [-0.1, -0.05) is 17.7 Å². The van der Waals surface area contributed by atoms with E-state index in [2.05, 4.69) is 4.52 Å². The Morgan fingerprint density at radius 3 is 2.21 bits per heavy atom. The SMILES string of the molecule is Cc1ccc(OP(=O)(O)C(O)O)cc1. The summed E-state index contributed by atoms with van der Waals surface area (Å²) in [6.07, 6.45) is 0. The predicted molar refractivity (Wildman–Crippen MR) is 49.9 cm³/mol. The zero-order valence-electron chi connectivity index (χ0n) is 7.49. The highest BCUT2D eigenvalue weighted by atomic mass is 31.2. The van der Waals surface area contributed by atoms with Crippen LogP contribution in [0.1, 0.15) is 5.56 Å². The lowest BCUT2D eigenvalue weighted by atomic mass is 10.2. The lowest BCUT2D eigenvalue weighted by Crippen LogP contribution is -2.09. The Labute approximate surface area is 81.1 Å². The fraction of sp³-hybridized carbons (Fsp3) is 0.250. The molecule has 78 valence electrons. The summed E-state index contributed by atoms with van der Waals surface area (Å²) in [5.74, 6) is 0.120. The summed E-state index contributed by atoms with van der Waals surface area (Å²) in [5, 5.41) is 17.0. The van der Waals surface area contributed by atoms with Crippen LogP contribution < -0.4 is 4.52 Å². The van der Waals surface area contributed by atoms with Crippen molar-refractivity contribution in [2.24, 2.45) is 0 Å². The summed E-state index contributed by atoms with van der Waals surface area (Å²) in [4.78, 5) is 8.95. The summed E-state index contributed by atoms with van der Waals surface area (Å²) >= 11 is 0. The van der Waals surface area contributed by atoms with Gasteiger partial charge in [-0.25, -0.2) is 4.57 Å². The molecule has 0 saturated carbocycles. The number of aryl methyl sites for hydroxylation is 1. The number of aliphatic hydroxyl groups is 2. The fourth-order valence-electron chi connectivity index (χ4n) is 0.797. The molecule has 1 atom stereocenters. The smallest absolute Gasteiger partial charge is 0.421 e. The molecule has 0 heterocycles. The molecular formula is C8H11O5P. The predicted octanol–water partition coefficient (Wildman–Crippen LogP) is 0.827. The van der Waals surface area contributed by atoms with Crippen molar-refractivity contribution in [1.82, 2.24) is 0 Å². The van der Waals surface area contributed by atoms with Crippen LogP contribution in [0.3, 0.4) is 0 Å². The van der Waals surface area contributed by atoms with Gasteiger partial charge in [-0.15, -0.1) is 0 Å². The van der Waals surface area contributed by atoms with Crippen LogP contribution in [0.5, 0.6) is 5.75 Å². The minimum absolute atomic E-state index is 0.120. The van der Waals surface area contributed by atoms with Crippen LogP contribution in [-0.2, 0) is 4.57 Å². The van der Waals surface area contributed by atoms with Gasteiger partial charge in [0.25, 0.3) is 6.03 Å². The van der Waals surface area contributed by atoms with Gasteiger partial charge < -0.3 is 19.6 Å². The van der Waals surface area contributed by atoms with Crippen LogP contribution in [0.4, 0.5) is 0 Å². The quantitative estimate of drug-likeness (QED) is 0.516. The van der Waals surface area contributed by atoms with Crippen molar-refractivity contribution >= 4 is 7.60 Å². The summed E-state index contributed by atoms with van der Waals surface area (Å²) in [6.45, 7) is 1.85. The van der Waals surface area contributed by atoms with Crippen LogP contribution in [-0.4, -0.2) is 21.1 Å². The Balaban J connectivity index is 2.79. The van der Waals surface area contributed by atoms with E-state index < -0.39 is 13.6 Å². The van der Waals surface area contributed by atoms with Crippen LogP contribution in [0, 0.1) is 6.92 Å². The summed E-state index contributed by atoms with van der Waals surface area (Å²) in [5.41, 5.74) is 0.967. The maximum Gasteiger partial charge on any atom is 0.432 e. The molecule has 1 rings (SSSR count). The van der Waals surface area contributed by atoms with Crippen molar-refractivity contribution in [3.05, 3.63) is 29.8 Å². The molecule has 14 heavy (non-hydrogen) atoms. The first-order valence-corrected chi connectivity index (χ1v) is 5.51. The summed E-state index contributed by atoms with van der Waals surface area (Å²) in [7, 11) is -4.39. The van der Waals surface area contributed by atoms with E-state index in [1.807, 2.05) is 6.92 Å². The highest BCUT2D eigenvalue weighted by molar-refractivity contribution is 7.53. The van der Waals surface area contributed by atoms with Crippen molar-refractivity contribution < 1.29 is 24.2 Å². The highest BCUT2D eigenvalue weighted by Gasteiger charge is 2.30. The van der Waals surface area contributed by atoms with E-state index in [1.165, 1.54) is 12.1 Å². The molecule has 0 fully saturated rings. The minimum Gasteiger partial charge on any atom is -0.421 e. The normalized spacial score (nSPS) is 15.2. The molecule has 0 radical (unpaired) electrons. The standard InChI is InChI=1S/C8H11O5P/c1-6-2-4-7(5-3-6)13-14(11,12)8(9)10/h2-5,8-10H,1H3,(H,11,12). The van der Waals surface area contributed by atoms with Gasteiger partial charge >= 0.3 is 7.60 Å². The van der Waals surface area contributed by atoms with E-state index >= 15 is 0 Å². The zero-order chi connectivity index (χ0) is 10.8. The first kappa shape index (κ1) is 11.2. The molecule has 0 aliphatic heterocycles. The Bertz CT molecular complexity index is 345. The molecule has 0 bridgehead atoms. The number of hydrogen-bond donors (Lipinski definition) is 3. The average Bonchev–Trinajstić information content (AvgIpc) is 2.08. The number of hydrogen-bond acceptors (Lipinski definition) is 4. The zero-order valence-corrected chi connectivity index (χ0v) is 8.39. The van der Waals surface area contributed by atoms with E-state index in [0.717, 1.165) is 5.56 Å². The van der Waals surface area contributed by atoms with Crippen LogP contribution in [0.25, 0.3) is 0 Å². The molecule has 0 spiro atoms. The molecule has 0 aliphatic rings. The van der Waals surface area contributed by atoms with Gasteiger partial charge in [0, 0.05) is 0 Å². The third-order valence-electron chi connectivity index (χ3n) is 1.55. The number of rotatable bonds is 3. The first-order valence-electron chi connectivity index (χ1n) is 3.87. The van der Waals surface area contributed by atoms with Gasteiger partial charge in [0.2, 0.25) is 0 Å². The average molecular weight is 218 g/mol. The second-order valence-electron chi connectivity index (χ2n) is 2.81. The minimum atomic E-state index is -4.39. The molecule has 1 unspecified atom stereocenters. The van der Waals surface area contributed by atoms with Crippen molar-refractivity contribution in [1.29, 1.82) is 0 Å². The van der Waals surface area contributed by atoms with Gasteiger partial charge in [0.1, 0.15) is 5.75 Å². The Kier molecular flexibility index (Phi) is 3.29. The molecule has 3 N–H and O–H groups in total. The maximum atomic E-state index is 11.0. The summed E-state index contributed by atoms with van der Waals surface area (Å²) in [6, 6.07) is 3.92. The van der Waals surface area contributed by atoms with Crippen LogP contribution >= 0.6 is 7.60 Å². The molecule has 5 nitrogen and oxygen atoms in total. The highest BCUT2D eigenvalue weighted by Crippen LogP contribution is 2.45. The third kappa shape index (κ3) is 2.82. The van der Waals surface area contributed by atoms with Gasteiger partial charge in [-0.3, -0.25) is 0 Å². The van der Waals surface area contributed by atoms with E-state index in [9.17, 15) is 4.57 Å². The molecule has 1 aromatic rings. The lowest BCUT2D eigenvalue weighted by molar-refractivity contribution is 0.0107. The first-order chi connectivity index (χ1) is 6.42. The van der Waals surface area contributed by atoms with Crippen molar-refractivity contribution in [2.45, 2.75) is 13.0 Å². The van der Waals surface area contributed by atoms with Gasteiger partial charge in [0.15, 0.2) is 0 Å². The lowest BCUT2D eigenvalue weighted by Gasteiger charge is -2.14. The Hall–Kier alpha value is -0.870. The van der Waals surface area contributed by atoms with Crippen molar-refractivity contribution in [3.8, 4) is 5.75 Å². The van der Waals surface area contributed by atoms with E-state index in [-0.39, 0.29) is 5.75 Å². The Morgan fingerprint density at radius 2 is 1.79 bits per heavy atom. The number of aliphatic hydroxyl groups excluding tert-OH is 1. The second-order valence-corrected chi connectivity index (χ2v) is 4.59. The third-order valence-corrected chi connectivity index (χ3v) is 2.61. The van der Waals surface area contributed by atoms with Gasteiger partial charge in [-0.2, -0.15) is 0 Å². The topological polar surface area (TPSA) is 87.0 Å². The molecule has 0 saturated heterocycles. The summed E-state index contributed by atoms with van der Waals surface area (Å²) < 4.78 is 15.5. The van der Waals surface area contributed by atoms with Crippen molar-refractivity contribution in [2.75, 3.05) is 0 Å².